The third-order valence-electron chi connectivity index (χ3n) is 5.96. The van der Waals surface area contributed by atoms with Crippen molar-refractivity contribution < 1.29 is 18.4 Å². The molecule has 5 rings (SSSR count). The molecule has 1 fully saturated rings. The Kier molecular flexibility index (Phi) is 5.32. The summed E-state index contributed by atoms with van der Waals surface area (Å²) >= 11 is 1.39. The highest BCUT2D eigenvalue weighted by atomic mass is 32.2. The van der Waals surface area contributed by atoms with Gasteiger partial charge in [0.1, 0.15) is 11.6 Å². The van der Waals surface area contributed by atoms with Gasteiger partial charge < -0.3 is 10.2 Å². The number of benzene rings is 3. The van der Waals surface area contributed by atoms with Crippen molar-refractivity contribution >= 4 is 35.1 Å². The molecule has 5 nitrogen and oxygen atoms in total. The number of amides is 3. The first-order valence-electron chi connectivity index (χ1n) is 10.5. The average Bonchev–Trinajstić information content (AvgIpc) is 3.32. The fraction of sp³-hybridized carbons (Fsp3) is 0.200. The Balaban J connectivity index is 1.54. The topological polar surface area (TPSA) is 52.7 Å². The monoisotopic (exact) mass is 465 g/mol. The second-order valence-electron chi connectivity index (χ2n) is 8.09. The molecule has 0 saturated carbocycles. The van der Waals surface area contributed by atoms with Crippen LogP contribution < -0.4 is 10.2 Å². The molecule has 1 spiro atoms. The molecule has 0 aromatic heterocycles. The van der Waals surface area contributed by atoms with E-state index in [9.17, 15) is 18.4 Å². The smallest absolute Gasteiger partial charge is 0.308 e. The molecule has 1 N–H and O–H groups in total. The maximum atomic E-state index is 14.4. The Morgan fingerprint density at radius 1 is 1.09 bits per heavy atom. The molecule has 2 aliphatic rings. The minimum atomic E-state index is -1.26. The average molecular weight is 466 g/mol. The zero-order valence-electron chi connectivity index (χ0n) is 17.8. The van der Waals surface area contributed by atoms with Gasteiger partial charge >= 0.3 is 6.03 Å². The van der Waals surface area contributed by atoms with Crippen molar-refractivity contribution in [3.63, 3.8) is 0 Å². The van der Waals surface area contributed by atoms with E-state index in [4.69, 9.17) is 0 Å². The van der Waals surface area contributed by atoms with Gasteiger partial charge in [-0.05, 0) is 37.3 Å². The van der Waals surface area contributed by atoms with Crippen LogP contribution in [0, 0.1) is 18.6 Å². The molecule has 0 bridgehead atoms. The highest BCUT2D eigenvalue weighted by molar-refractivity contribution is 8.01. The maximum Gasteiger partial charge on any atom is 0.323 e. The van der Waals surface area contributed by atoms with Gasteiger partial charge in [-0.25, -0.2) is 13.6 Å². The van der Waals surface area contributed by atoms with E-state index in [-0.39, 0.29) is 18.3 Å². The predicted octanol–water partition coefficient (Wildman–Crippen LogP) is 5.25. The molecule has 0 radical (unpaired) electrons. The third-order valence-corrected chi connectivity index (χ3v) is 7.38. The van der Waals surface area contributed by atoms with Crippen molar-refractivity contribution in [3.05, 3.63) is 95.1 Å². The Morgan fingerprint density at radius 3 is 2.70 bits per heavy atom. The van der Waals surface area contributed by atoms with Gasteiger partial charge in [-0.2, -0.15) is 0 Å². The van der Waals surface area contributed by atoms with Crippen LogP contribution in [0.15, 0.2) is 66.7 Å². The fourth-order valence-corrected chi connectivity index (χ4v) is 5.89. The second kappa shape index (κ2) is 8.19. The number of aryl methyl sites for hydroxylation is 1. The number of rotatable bonds is 3. The van der Waals surface area contributed by atoms with Gasteiger partial charge in [0.2, 0.25) is 0 Å². The molecular weight excluding hydrogens is 444 g/mol. The lowest BCUT2D eigenvalue weighted by Crippen LogP contribution is -2.51. The summed E-state index contributed by atoms with van der Waals surface area (Å²) in [6.07, 6.45) is 0. The lowest BCUT2D eigenvalue weighted by atomic mass is 10.0. The molecule has 2 heterocycles. The second-order valence-corrected chi connectivity index (χ2v) is 9.38. The van der Waals surface area contributed by atoms with E-state index < -0.39 is 16.7 Å². The number of carbonyl (C=O) groups is 2. The first-order chi connectivity index (χ1) is 15.9. The van der Waals surface area contributed by atoms with Crippen LogP contribution in [0.25, 0.3) is 0 Å². The van der Waals surface area contributed by atoms with Gasteiger partial charge in [0.15, 0.2) is 4.87 Å². The Bertz CT molecular complexity index is 1270. The van der Waals surface area contributed by atoms with Crippen molar-refractivity contribution in [2.24, 2.45) is 0 Å². The van der Waals surface area contributed by atoms with Crippen LogP contribution in [0.2, 0.25) is 0 Å². The molecule has 0 aliphatic carbocycles. The highest BCUT2D eigenvalue weighted by Crippen LogP contribution is 2.54. The fourth-order valence-electron chi connectivity index (χ4n) is 4.44. The zero-order chi connectivity index (χ0) is 23.2. The van der Waals surface area contributed by atoms with Gasteiger partial charge in [-0.1, -0.05) is 42.0 Å². The van der Waals surface area contributed by atoms with Crippen molar-refractivity contribution in [1.29, 1.82) is 0 Å². The largest absolute Gasteiger partial charge is 0.323 e. The number of nitrogens with zero attached hydrogens (tertiary/aromatic N) is 2. The molecule has 2 aliphatic heterocycles. The molecule has 3 aromatic rings. The summed E-state index contributed by atoms with van der Waals surface area (Å²) < 4.78 is 28.0. The number of hydrogen-bond donors (Lipinski definition) is 1. The van der Waals surface area contributed by atoms with Crippen LogP contribution in [0.5, 0.6) is 0 Å². The maximum absolute atomic E-state index is 14.4. The van der Waals surface area contributed by atoms with Crippen LogP contribution in [-0.4, -0.2) is 29.1 Å². The molecule has 3 aromatic carbocycles. The van der Waals surface area contributed by atoms with E-state index in [2.05, 4.69) is 5.32 Å². The number of anilines is 2. The van der Waals surface area contributed by atoms with E-state index in [1.54, 1.807) is 29.2 Å². The van der Waals surface area contributed by atoms with Crippen LogP contribution in [0.1, 0.15) is 16.7 Å². The molecule has 1 atom stereocenters. The summed E-state index contributed by atoms with van der Waals surface area (Å²) in [6, 6.07) is 17.1. The Morgan fingerprint density at radius 2 is 1.91 bits per heavy atom. The third kappa shape index (κ3) is 3.54. The summed E-state index contributed by atoms with van der Waals surface area (Å²) in [5.74, 6) is -0.585. The van der Waals surface area contributed by atoms with E-state index in [0.717, 1.165) is 5.56 Å². The van der Waals surface area contributed by atoms with Crippen molar-refractivity contribution in [2.75, 3.05) is 22.5 Å². The Hall–Kier alpha value is -3.39. The Labute approximate surface area is 194 Å². The number of halogens is 2. The lowest BCUT2D eigenvalue weighted by molar-refractivity contribution is -0.123. The number of nitrogens with one attached hydrogen (secondary N) is 1. The lowest BCUT2D eigenvalue weighted by Gasteiger charge is -2.33. The summed E-state index contributed by atoms with van der Waals surface area (Å²) in [7, 11) is 0. The quantitative estimate of drug-likeness (QED) is 0.575. The van der Waals surface area contributed by atoms with Gasteiger partial charge in [0, 0.05) is 29.1 Å². The number of urea groups is 1. The molecule has 168 valence electrons. The number of carbonyl (C=O) groups excluding carboxylic acids is 2. The molecule has 1 saturated heterocycles. The molecule has 1 unspecified atom stereocenters. The first-order valence-corrected chi connectivity index (χ1v) is 11.5. The minimum absolute atomic E-state index is 0.0588. The normalized spacial score (nSPS) is 19.3. The van der Waals surface area contributed by atoms with E-state index >= 15 is 0 Å². The van der Waals surface area contributed by atoms with Crippen molar-refractivity contribution in [1.82, 2.24) is 4.90 Å². The standard InChI is InChI=1S/C25H21F2N3O2S/c1-16-9-10-22-20(13-16)25(23(31)29(22)15-17-5-2-3-8-21(17)27)30(11-12-33-25)24(32)28-19-7-4-6-18(26)14-19/h2-10,13-14H,11-12,15H2,1H3,(H,28,32). The van der Waals surface area contributed by atoms with Gasteiger partial charge in [0.05, 0.1) is 12.2 Å². The first kappa shape index (κ1) is 21.5. The van der Waals surface area contributed by atoms with E-state index in [1.165, 1.54) is 40.9 Å². The summed E-state index contributed by atoms with van der Waals surface area (Å²) in [5.41, 5.74) is 3.03. The summed E-state index contributed by atoms with van der Waals surface area (Å²) in [5, 5.41) is 2.72. The molecule has 3 amide bonds. The molecule has 8 heteroatoms. The van der Waals surface area contributed by atoms with Crippen LogP contribution >= 0.6 is 11.8 Å². The van der Waals surface area contributed by atoms with Gasteiger partial charge in [-0.15, -0.1) is 11.8 Å². The SMILES string of the molecule is Cc1ccc2c(c1)C1(SCCN1C(=O)Nc1cccc(F)c1)C(=O)N2Cc1ccccc1F. The van der Waals surface area contributed by atoms with Gasteiger partial charge in [0.25, 0.3) is 5.91 Å². The van der Waals surface area contributed by atoms with Crippen LogP contribution in [-0.2, 0) is 16.2 Å². The summed E-state index contributed by atoms with van der Waals surface area (Å²) in [4.78, 5) is 29.0. The van der Waals surface area contributed by atoms with Crippen molar-refractivity contribution in [3.8, 4) is 0 Å². The van der Waals surface area contributed by atoms with Crippen LogP contribution in [0.3, 0.4) is 0 Å². The van der Waals surface area contributed by atoms with E-state index in [0.29, 0.717) is 34.8 Å². The van der Waals surface area contributed by atoms with Crippen LogP contribution in [0.4, 0.5) is 25.0 Å². The summed E-state index contributed by atoms with van der Waals surface area (Å²) in [6.45, 7) is 2.33. The number of hydrogen-bond acceptors (Lipinski definition) is 3. The number of fused-ring (bicyclic) bond motifs is 2. The highest BCUT2D eigenvalue weighted by Gasteiger charge is 2.59. The molecule has 33 heavy (non-hydrogen) atoms. The van der Waals surface area contributed by atoms with Gasteiger partial charge in [-0.3, -0.25) is 9.69 Å². The minimum Gasteiger partial charge on any atom is -0.308 e. The molecular formula is C25H21F2N3O2S. The zero-order valence-corrected chi connectivity index (χ0v) is 18.7. The number of thioether (sulfide) groups is 1. The predicted molar refractivity (Wildman–Crippen MR) is 125 cm³/mol. The van der Waals surface area contributed by atoms with E-state index in [1.807, 2.05) is 25.1 Å². The van der Waals surface area contributed by atoms with Crippen molar-refractivity contribution in [2.45, 2.75) is 18.3 Å².